The smallest absolute Gasteiger partial charge is 0.355 e. The molecule has 0 aliphatic heterocycles. The van der Waals surface area contributed by atoms with Crippen LogP contribution in [0.3, 0.4) is 0 Å². The Kier molecular flexibility index (Phi) is 6.37. The lowest BCUT2D eigenvalue weighted by Crippen LogP contribution is -2.23. The van der Waals surface area contributed by atoms with E-state index in [1.165, 1.54) is 31.4 Å². The summed E-state index contributed by atoms with van der Waals surface area (Å²) >= 11 is 9.33. The van der Waals surface area contributed by atoms with Crippen LogP contribution >= 0.6 is 27.5 Å². The monoisotopic (exact) mass is 515 g/mol. The number of nitrogens with zero attached hydrogens (tertiary/aromatic N) is 3. The van der Waals surface area contributed by atoms with Crippen LogP contribution in [0.5, 0.6) is 0 Å². The number of aromatic nitrogens is 3. The highest BCUT2D eigenvalue weighted by molar-refractivity contribution is 9.10. The Bertz CT molecular complexity index is 1180. The SMILES string of the molecule is CNC(=O)c1cc(Br)cc(C)c1NC(=O)c1cc(C(F)(F)F)nn1-c1ncccc1Cl. The number of amides is 2. The number of hydrogen-bond acceptors (Lipinski definition) is 4. The van der Waals surface area contributed by atoms with E-state index in [9.17, 15) is 22.8 Å². The summed E-state index contributed by atoms with van der Waals surface area (Å²) in [5, 5.41) is 8.45. The summed E-state index contributed by atoms with van der Waals surface area (Å²) in [4.78, 5) is 29.2. The van der Waals surface area contributed by atoms with Gasteiger partial charge in [-0.15, -0.1) is 0 Å². The third kappa shape index (κ3) is 4.72. The Morgan fingerprint density at radius 2 is 1.90 bits per heavy atom. The number of halogens is 5. The van der Waals surface area contributed by atoms with E-state index in [1.807, 2.05) is 0 Å². The van der Waals surface area contributed by atoms with Crippen molar-refractivity contribution in [2.45, 2.75) is 13.1 Å². The molecule has 0 saturated heterocycles. The van der Waals surface area contributed by atoms with Crippen molar-refractivity contribution >= 4 is 45.0 Å². The lowest BCUT2D eigenvalue weighted by Gasteiger charge is -2.14. The number of anilines is 1. The number of pyridine rings is 1. The summed E-state index contributed by atoms with van der Waals surface area (Å²) in [6.07, 6.45) is -3.50. The number of carbonyl (C=O) groups excluding carboxylic acids is 2. The average Bonchev–Trinajstić information content (AvgIpc) is 3.15. The third-order valence-electron chi connectivity index (χ3n) is 4.18. The first-order valence-corrected chi connectivity index (χ1v) is 9.81. The van der Waals surface area contributed by atoms with Crippen LogP contribution in [0.15, 0.2) is 41.0 Å². The van der Waals surface area contributed by atoms with E-state index >= 15 is 0 Å². The van der Waals surface area contributed by atoms with Crippen LogP contribution in [-0.4, -0.2) is 33.6 Å². The summed E-state index contributed by atoms with van der Waals surface area (Å²) in [6.45, 7) is 1.64. The number of alkyl halides is 3. The van der Waals surface area contributed by atoms with Crippen molar-refractivity contribution < 1.29 is 22.8 Å². The minimum Gasteiger partial charge on any atom is -0.355 e. The summed E-state index contributed by atoms with van der Waals surface area (Å²) in [6, 6.07) is 6.61. The van der Waals surface area contributed by atoms with Gasteiger partial charge >= 0.3 is 6.18 Å². The van der Waals surface area contributed by atoms with Gasteiger partial charge < -0.3 is 10.6 Å². The predicted octanol–water partition coefficient (Wildman–Crippen LogP) is 4.62. The molecule has 2 amide bonds. The Morgan fingerprint density at radius 3 is 2.52 bits per heavy atom. The molecule has 0 fully saturated rings. The van der Waals surface area contributed by atoms with Crippen molar-refractivity contribution in [2.24, 2.45) is 0 Å². The van der Waals surface area contributed by atoms with Gasteiger partial charge in [0.05, 0.1) is 16.3 Å². The van der Waals surface area contributed by atoms with E-state index in [2.05, 4.69) is 36.6 Å². The second-order valence-electron chi connectivity index (χ2n) is 6.31. The van der Waals surface area contributed by atoms with Crippen molar-refractivity contribution in [3.8, 4) is 5.82 Å². The molecule has 12 heteroatoms. The molecular formula is C19H14BrClF3N5O2. The van der Waals surface area contributed by atoms with Gasteiger partial charge in [-0.1, -0.05) is 27.5 Å². The summed E-state index contributed by atoms with van der Waals surface area (Å²) in [5.74, 6) is -1.57. The van der Waals surface area contributed by atoms with Crippen molar-refractivity contribution in [1.82, 2.24) is 20.1 Å². The summed E-state index contributed by atoms with van der Waals surface area (Å²) in [7, 11) is 1.41. The predicted molar refractivity (Wildman–Crippen MR) is 112 cm³/mol. The minimum absolute atomic E-state index is 0.000698. The highest BCUT2D eigenvalue weighted by Crippen LogP contribution is 2.31. The lowest BCUT2D eigenvalue weighted by atomic mass is 10.1. The number of hydrogen-bond donors (Lipinski definition) is 2. The average molecular weight is 517 g/mol. The van der Waals surface area contributed by atoms with Gasteiger partial charge in [-0.05, 0) is 36.8 Å². The Labute approximate surface area is 187 Å². The third-order valence-corrected chi connectivity index (χ3v) is 4.94. The molecule has 0 aliphatic rings. The zero-order valence-corrected chi connectivity index (χ0v) is 18.4. The maximum atomic E-state index is 13.3. The molecular weight excluding hydrogens is 503 g/mol. The molecule has 2 aromatic heterocycles. The molecule has 0 bridgehead atoms. The maximum absolute atomic E-state index is 13.3. The van der Waals surface area contributed by atoms with Gasteiger partial charge in [0.2, 0.25) is 0 Å². The van der Waals surface area contributed by atoms with Crippen LogP contribution in [0.25, 0.3) is 5.82 Å². The first kappa shape index (κ1) is 22.8. The van der Waals surface area contributed by atoms with Gasteiger partial charge in [0, 0.05) is 23.8 Å². The fraction of sp³-hybridized carbons (Fsp3) is 0.158. The fourth-order valence-electron chi connectivity index (χ4n) is 2.78. The van der Waals surface area contributed by atoms with E-state index in [1.54, 1.807) is 13.0 Å². The zero-order valence-electron chi connectivity index (χ0n) is 16.0. The molecule has 0 aliphatic carbocycles. The summed E-state index contributed by atoms with van der Waals surface area (Å²) in [5.41, 5.74) is -0.975. The van der Waals surface area contributed by atoms with Gasteiger partial charge in [0.1, 0.15) is 5.69 Å². The quantitative estimate of drug-likeness (QED) is 0.530. The standard InChI is InChI=1S/C19H14BrClF3N5O2/c1-9-6-10(20)7-11(17(30)25-2)15(9)27-18(31)13-8-14(19(22,23)24)28-29(13)16-12(21)4-3-5-26-16/h3-8H,1-2H3,(H,25,30)(H,27,31). The highest BCUT2D eigenvalue weighted by Gasteiger charge is 2.36. The first-order chi connectivity index (χ1) is 14.5. The number of benzene rings is 1. The van der Waals surface area contributed by atoms with Crippen molar-refractivity contribution in [1.29, 1.82) is 0 Å². The molecule has 0 atom stereocenters. The topological polar surface area (TPSA) is 88.9 Å². The highest BCUT2D eigenvalue weighted by atomic mass is 79.9. The van der Waals surface area contributed by atoms with Gasteiger partial charge in [0.15, 0.2) is 11.5 Å². The van der Waals surface area contributed by atoms with Crippen molar-refractivity contribution in [3.05, 3.63) is 68.5 Å². The Balaban J connectivity index is 2.12. The van der Waals surface area contributed by atoms with E-state index in [4.69, 9.17) is 11.6 Å². The molecule has 7 nitrogen and oxygen atoms in total. The molecule has 3 aromatic rings. The lowest BCUT2D eigenvalue weighted by molar-refractivity contribution is -0.141. The Hall–Kier alpha value is -2.92. The summed E-state index contributed by atoms with van der Waals surface area (Å²) < 4.78 is 41.2. The second-order valence-corrected chi connectivity index (χ2v) is 7.63. The van der Waals surface area contributed by atoms with Gasteiger partial charge in [-0.25, -0.2) is 9.67 Å². The Morgan fingerprint density at radius 1 is 1.19 bits per heavy atom. The van der Waals surface area contributed by atoms with Crippen LogP contribution in [0.1, 0.15) is 32.1 Å². The molecule has 0 unspecified atom stereocenters. The molecule has 2 N–H and O–H groups in total. The van der Waals surface area contributed by atoms with Crippen molar-refractivity contribution in [3.63, 3.8) is 0 Å². The van der Waals surface area contributed by atoms with Crippen LogP contribution in [-0.2, 0) is 6.18 Å². The van der Waals surface area contributed by atoms with Gasteiger partial charge in [0.25, 0.3) is 11.8 Å². The van der Waals surface area contributed by atoms with Crippen LogP contribution < -0.4 is 10.6 Å². The normalized spacial score (nSPS) is 11.3. The molecule has 1 aromatic carbocycles. The largest absolute Gasteiger partial charge is 0.435 e. The molecule has 2 heterocycles. The first-order valence-electron chi connectivity index (χ1n) is 8.64. The number of nitrogens with one attached hydrogen (secondary N) is 2. The van der Waals surface area contributed by atoms with Crippen LogP contribution in [0, 0.1) is 6.92 Å². The van der Waals surface area contributed by atoms with E-state index in [0.29, 0.717) is 20.8 Å². The zero-order chi connectivity index (χ0) is 22.9. The molecule has 31 heavy (non-hydrogen) atoms. The number of rotatable bonds is 4. The van der Waals surface area contributed by atoms with Crippen molar-refractivity contribution in [2.75, 3.05) is 12.4 Å². The van der Waals surface area contributed by atoms with E-state index in [0.717, 1.165) is 0 Å². The van der Waals surface area contributed by atoms with Gasteiger partial charge in [-0.3, -0.25) is 9.59 Å². The molecule has 0 radical (unpaired) electrons. The number of carbonyl (C=O) groups is 2. The fourth-order valence-corrected chi connectivity index (χ4v) is 3.55. The van der Waals surface area contributed by atoms with Crippen LogP contribution in [0.4, 0.5) is 18.9 Å². The maximum Gasteiger partial charge on any atom is 0.435 e. The van der Waals surface area contributed by atoms with E-state index < -0.39 is 29.4 Å². The minimum atomic E-state index is -4.80. The molecule has 0 saturated carbocycles. The molecule has 162 valence electrons. The number of aryl methyl sites for hydroxylation is 1. The molecule has 3 rings (SSSR count). The molecule has 0 spiro atoms. The second kappa shape index (κ2) is 8.67. The van der Waals surface area contributed by atoms with Gasteiger partial charge in [-0.2, -0.15) is 18.3 Å². The van der Waals surface area contributed by atoms with Crippen LogP contribution in [0.2, 0.25) is 5.02 Å². The van der Waals surface area contributed by atoms with E-state index in [-0.39, 0.29) is 22.1 Å².